The smallest absolute Gasteiger partial charge is 0.305 e. The van der Waals surface area contributed by atoms with Gasteiger partial charge in [0.1, 0.15) is 6.61 Å². The molecule has 3 heteroatoms. The summed E-state index contributed by atoms with van der Waals surface area (Å²) in [5, 5.41) is 0. The molecule has 0 rings (SSSR count). The predicted octanol–water partition coefficient (Wildman–Crippen LogP) is 1.69. The first kappa shape index (κ1) is 9.82. The fourth-order valence-corrected chi connectivity index (χ4v) is 0.765. The average Bonchev–Trinajstić information content (AvgIpc) is 1.89. The molecule has 0 aliphatic rings. The van der Waals surface area contributed by atoms with Crippen molar-refractivity contribution in [2.45, 2.75) is 19.8 Å². The summed E-state index contributed by atoms with van der Waals surface area (Å²) in [7, 11) is 0. The number of ether oxygens (including phenoxy) is 1. The van der Waals surface area contributed by atoms with Crippen LogP contribution in [0.5, 0.6) is 0 Å². The number of hydrogen-bond donors (Lipinski definition) is 0. The van der Waals surface area contributed by atoms with Crippen molar-refractivity contribution in [3.63, 3.8) is 0 Å². The van der Waals surface area contributed by atoms with Crippen molar-refractivity contribution in [1.82, 2.24) is 0 Å². The highest BCUT2D eigenvalue weighted by Gasteiger charge is 1.97. The van der Waals surface area contributed by atoms with Crippen LogP contribution >= 0.6 is 11.8 Å². The van der Waals surface area contributed by atoms with Crippen LogP contribution in [-0.4, -0.2) is 24.6 Å². The van der Waals surface area contributed by atoms with Crippen molar-refractivity contribution in [3.8, 4) is 0 Å². The second-order valence-corrected chi connectivity index (χ2v) is 2.95. The highest BCUT2D eigenvalue weighted by Crippen LogP contribution is 1.94. The summed E-state index contributed by atoms with van der Waals surface area (Å²) in [6.45, 7) is 2.52. The van der Waals surface area contributed by atoms with E-state index < -0.39 is 0 Å². The second kappa shape index (κ2) is 6.93. The minimum absolute atomic E-state index is 0.0726. The van der Waals surface area contributed by atoms with Gasteiger partial charge in [-0.2, -0.15) is 11.8 Å². The minimum Gasteiger partial charge on any atom is -0.465 e. The van der Waals surface area contributed by atoms with E-state index in [4.69, 9.17) is 4.74 Å². The zero-order valence-electron chi connectivity index (χ0n) is 6.55. The topological polar surface area (TPSA) is 26.3 Å². The largest absolute Gasteiger partial charge is 0.465 e. The first-order chi connectivity index (χ1) is 4.81. The molecule has 0 aliphatic heterocycles. The molecule has 0 bridgehead atoms. The number of esters is 1. The Morgan fingerprint density at radius 1 is 1.60 bits per heavy atom. The summed E-state index contributed by atoms with van der Waals surface area (Å²) >= 11 is 1.68. The molecule has 0 radical (unpaired) electrons. The molecule has 0 N–H and O–H groups in total. The lowest BCUT2D eigenvalue weighted by molar-refractivity contribution is -0.142. The summed E-state index contributed by atoms with van der Waals surface area (Å²) in [6.07, 6.45) is 3.42. The van der Waals surface area contributed by atoms with Crippen LogP contribution in [0, 0.1) is 0 Å². The van der Waals surface area contributed by atoms with Gasteiger partial charge in [-0.3, -0.25) is 4.79 Å². The van der Waals surface area contributed by atoms with Gasteiger partial charge in [0.2, 0.25) is 0 Å². The lowest BCUT2D eigenvalue weighted by Gasteiger charge is -2.00. The molecule has 0 aromatic rings. The Bertz CT molecular complexity index is 93.6. The average molecular weight is 162 g/mol. The maximum atomic E-state index is 10.7. The molecule has 0 saturated heterocycles. The van der Waals surface area contributed by atoms with Crippen LogP contribution in [-0.2, 0) is 9.53 Å². The number of carbonyl (C=O) groups excluding carboxylic acids is 1. The maximum Gasteiger partial charge on any atom is 0.305 e. The van der Waals surface area contributed by atoms with Crippen molar-refractivity contribution < 1.29 is 9.53 Å². The standard InChI is InChI=1S/C7H14O2S/c1-3-4-7(8)9-5-6-10-2/h3-6H2,1-2H3. The van der Waals surface area contributed by atoms with Crippen LogP contribution in [0.25, 0.3) is 0 Å². The molecule has 10 heavy (non-hydrogen) atoms. The Morgan fingerprint density at radius 2 is 2.30 bits per heavy atom. The zero-order valence-corrected chi connectivity index (χ0v) is 7.37. The molecule has 0 aromatic carbocycles. The fraction of sp³-hybridized carbons (Fsp3) is 0.857. The van der Waals surface area contributed by atoms with E-state index in [1.54, 1.807) is 11.8 Å². The molecule has 0 atom stereocenters. The Balaban J connectivity index is 3.05. The molecule has 0 fully saturated rings. The van der Waals surface area contributed by atoms with Crippen LogP contribution in [0.1, 0.15) is 19.8 Å². The molecule has 0 aromatic heterocycles. The van der Waals surface area contributed by atoms with E-state index in [1.807, 2.05) is 13.2 Å². The van der Waals surface area contributed by atoms with Crippen molar-refractivity contribution in [3.05, 3.63) is 0 Å². The van der Waals surface area contributed by atoms with Gasteiger partial charge in [0.25, 0.3) is 0 Å². The van der Waals surface area contributed by atoms with E-state index in [9.17, 15) is 4.79 Å². The number of thioether (sulfide) groups is 1. The van der Waals surface area contributed by atoms with Crippen LogP contribution < -0.4 is 0 Å². The van der Waals surface area contributed by atoms with E-state index in [1.165, 1.54) is 0 Å². The molecule has 0 heterocycles. The third-order valence-corrected chi connectivity index (χ3v) is 1.58. The SMILES string of the molecule is CCCC(=O)OCCSC. The van der Waals surface area contributed by atoms with E-state index in [-0.39, 0.29) is 5.97 Å². The lowest BCUT2D eigenvalue weighted by atomic mass is 10.3. The molecular formula is C7H14O2S. The molecule has 0 aliphatic carbocycles. The highest BCUT2D eigenvalue weighted by molar-refractivity contribution is 7.98. The molecule has 0 unspecified atom stereocenters. The number of carbonyl (C=O) groups is 1. The van der Waals surface area contributed by atoms with Gasteiger partial charge in [0.15, 0.2) is 0 Å². The Labute approximate surface area is 66.3 Å². The van der Waals surface area contributed by atoms with Gasteiger partial charge in [-0.25, -0.2) is 0 Å². The minimum atomic E-state index is -0.0726. The van der Waals surface area contributed by atoms with Gasteiger partial charge in [-0.05, 0) is 12.7 Å². The Morgan fingerprint density at radius 3 is 2.80 bits per heavy atom. The number of hydrogen-bond acceptors (Lipinski definition) is 3. The number of rotatable bonds is 5. The summed E-state index contributed by atoms with van der Waals surface area (Å²) < 4.78 is 4.86. The van der Waals surface area contributed by atoms with Gasteiger partial charge in [-0.1, -0.05) is 6.92 Å². The van der Waals surface area contributed by atoms with Crippen LogP contribution in [0.2, 0.25) is 0 Å². The van der Waals surface area contributed by atoms with E-state index >= 15 is 0 Å². The molecule has 0 amide bonds. The molecule has 2 nitrogen and oxygen atoms in total. The summed E-state index contributed by atoms with van der Waals surface area (Å²) in [4.78, 5) is 10.7. The second-order valence-electron chi connectivity index (χ2n) is 1.96. The van der Waals surface area contributed by atoms with E-state index in [0.29, 0.717) is 13.0 Å². The monoisotopic (exact) mass is 162 g/mol. The van der Waals surface area contributed by atoms with Gasteiger partial charge in [-0.15, -0.1) is 0 Å². The zero-order chi connectivity index (χ0) is 7.82. The first-order valence-electron chi connectivity index (χ1n) is 3.45. The first-order valence-corrected chi connectivity index (χ1v) is 4.85. The van der Waals surface area contributed by atoms with Crippen molar-refractivity contribution >= 4 is 17.7 Å². The summed E-state index contributed by atoms with van der Waals surface area (Å²) in [6, 6.07) is 0. The van der Waals surface area contributed by atoms with Gasteiger partial charge >= 0.3 is 5.97 Å². The molecule has 0 saturated carbocycles. The van der Waals surface area contributed by atoms with Gasteiger partial charge < -0.3 is 4.74 Å². The van der Waals surface area contributed by atoms with Crippen LogP contribution in [0.4, 0.5) is 0 Å². The maximum absolute atomic E-state index is 10.7. The predicted molar refractivity (Wildman–Crippen MR) is 44.2 cm³/mol. The third-order valence-electron chi connectivity index (χ3n) is 1.00. The summed E-state index contributed by atoms with van der Waals surface area (Å²) in [5.74, 6) is 0.826. The van der Waals surface area contributed by atoms with Gasteiger partial charge in [0.05, 0.1) is 0 Å². The fourth-order valence-electron chi connectivity index (χ4n) is 0.515. The normalized spacial score (nSPS) is 9.40. The molecule has 60 valence electrons. The Hall–Kier alpha value is -0.180. The van der Waals surface area contributed by atoms with E-state index in [0.717, 1.165) is 12.2 Å². The van der Waals surface area contributed by atoms with Crippen molar-refractivity contribution in [2.24, 2.45) is 0 Å². The highest BCUT2D eigenvalue weighted by atomic mass is 32.2. The lowest BCUT2D eigenvalue weighted by Crippen LogP contribution is -2.06. The quantitative estimate of drug-likeness (QED) is 0.454. The van der Waals surface area contributed by atoms with Gasteiger partial charge in [0, 0.05) is 12.2 Å². The molecular weight excluding hydrogens is 148 g/mol. The Kier molecular flexibility index (Phi) is 6.81. The third kappa shape index (κ3) is 5.95. The summed E-state index contributed by atoms with van der Waals surface area (Å²) in [5.41, 5.74) is 0. The van der Waals surface area contributed by atoms with E-state index in [2.05, 4.69) is 0 Å². The van der Waals surface area contributed by atoms with Crippen LogP contribution in [0.15, 0.2) is 0 Å². The van der Waals surface area contributed by atoms with Crippen LogP contribution in [0.3, 0.4) is 0 Å². The molecule has 0 spiro atoms. The van der Waals surface area contributed by atoms with Crippen molar-refractivity contribution in [2.75, 3.05) is 18.6 Å². The van der Waals surface area contributed by atoms with Crippen molar-refractivity contribution in [1.29, 1.82) is 0 Å².